The minimum Gasteiger partial charge on any atom is -0.453 e. The van der Waals surface area contributed by atoms with Crippen molar-refractivity contribution in [2.24, 2.45) is 0 Å². The first-order chi connectivity index (χ1) is 11.6. The van der Waals surface area contributed by atoms with Gasteiger partial charge in [-0.1, -0.05) is 35.5 Å². The van der Waals surface area contributed by atoms with Crippen molar-refractivity contribution in [2.45, 2.75) is 32.3 Å². The van der Waals surface area contributed by atoms with Gasteiger partial charge in [0.2, 0.25) is 17.6 Å². The Morgan fingerprint density at radius 1 is 1.33 bits per heavy atom. The standard InChI is InChI=1S/C17H17N3O4/c1-11(21)18-14(9-12-5-3-2-4-6-12)17(22)23-10-15-19-16(24-20-15)13-7-8-13/h2-6,9,13H,7-8,10H2,1H3,(H,18,21). The molecule has 1 aliphatic rings. The first kappa shape index (κ1) is 15.9. The third-order valence-corrected chi connectivity index (χ3v) is 3.38. The van der Waals surface area contributed by atoms with Crippen molar-refractivity contribution in [3.05, 3.63) is 53.3 Å². The Hall–Kier alpha value is -2.96. The van der Waals surface area contributed by atoms with E-state index in [1.165, 1.54) is 6.92 Å². The van der Waals surface area contributed by atoms with Crippen molar-refractivity contribution in [1.29, 1.82) is 0 Å². The van der Waals surface area contributed by atoms with Crippen LogP contribution in [0.15, 0.2) is 40.6 Å². The average Bonchev–Trinajstić information content (AvgIpc) is 3.31. The maximum absolute atomic E-state index is 12.2. The van der Waals surface area contributed by atoms with Crippen LogP contribution in [0.4, 0.5) is 0 Å². The number of carbonyl (C=O) groups is 2. The number of esters is 1. The summed E-state index contributed by atoms with van der Waals surface area (Å²) in [4.78, 5) is 27.7. The summed E-state index contributed by atoms with van der Waals surface area (Å²) in [6, 6.07) is 9.16. The molecule has 24 heavy (non-hydrogen) atoms. The molecule has 0 radical (unpaired) electrons. The molecule has 2 aromatic rings. The highest BCUT2D eigenvalue weighted by atomic mass is 16.5. The minimum absolute atomic E-state index is 0.0552. The molecule has 1 saturated carbocycles. The molecule has 1 aromatic heterocycles. The van der Waals surface area contributed by atoms with Gasteiger partial charge in [-0.3, -0.25) is 4.79 Å². The molecule has 1 aromatic carbocycles. The maximum atomic E-state index is 12.2. The molecule has 1 heterocycles. The van der Waals surface area contributed by atoms with Gasteiger partial charge < -0.3 is 14.6 Å². The number of carbonyl (C=O) groups excluding carboxylic acids is 2. The normalized spacial score (nSPS) is 14.3. The Morgan fingerprint density at radius 2 is 2.08 bits per heavy atom. The number of aromatic nitrogens is 2. The smallest absolute Gasteiger partial charge is 0.355 e. The van der Waals surface area contributed by atoms with Crippen molar-refractivity contribution < 1.29 is 18.8 Å². The zero-order chi connectivity index (χ0) is 16.9. The molecule has 1 amide bonds. The molecule has 0 saturated heterocycles. The van der Waals surface area contributed by atoms with Gasteiger partial charge in [0.25, 0.3) is 0 Å². The SMILES string of the molecule is CC(=O)NC(=Cc1ccccc1)C(=O)OCc1noc(C2CC2)n1. The molecule has 0 bridgehead atoms. The highest BCUT2D eigenvalue weighted by molar-refractivity contribution is 5.97. The van der Waals surface area contributed by atoms with Crippen LogP contribution < -0.4 is 5.32 Å². The zero-order valence-electron chi connectivity index (χ0n) is 13.2. The Kier molecular flexibility index (Phi) is 4.69. The first-order valence-corrected chi connectivity index (χ1v) is 7.66. The number of nitrogens with zero attached hydrogens (tertiary/aromatic N) is 2. The average molecular weight is 327 g/mol. The van der Waals surface area contributed by atoms with Gasteiger partial charge in [-0.15, -0.1) is 0 Å². The van der Waals surface area contributed by atoms with Gasteiger partial charge in [0, 0.05) is 12.8 Å². The summed E-state index contributed by atoms with van der Waals surface area (Å²) >= 11 is 0. The van der Waals surface area contributed by atoms with Gasteiger partial charge in [0.1, 0.15) is 5.70 Å². The molecular formula is C17H17N3O4. The fraction of sp³-hybridized carbons (Fsp3) is 0.294. The first-order valence-electron chi connectivity index (χ1n) is 7.66. The van der Waals surface area contributed by atoms with Crippen molar-refractivity contribution in [2.75, 3.05) is 0 Å². The number of rotatable bonds is 6. The van der Waals surface area contributed by atoms with E-state index in [4.69, 9.17) is 9.26 Å². The van der Waals surface area contributed by atoms with Crippen LogP contribution >= 0.6 is 0 Å². The number of hydrogen-bond acceptors (Lipinski definition) is 6. The van der Waals surface area contributed by atoms with E-state index in [2.05, 4.69) is 15.5 Å². The van der Waals surface area contributed by atoms with E-state index >= 15 is 0 Å². The van der Waals surface area contributed by atoms with Crippen molar-refractivity contribution in [3.8, 4) is 0 Å². The maximum Gasteiger partial charge on any atom is 0.355 e. The minimum atomic E-state index is -0.660. The summed E-state index contributed by atoms with van der Waals surface area (Å²) in [5, 5.41) is 6.26. The molecule has 7 nitrogen and oxygen atoms in total. The molecule has 7 heteroatoms. The third kappa shape index (κ3) is 4.28. The molecule has 1 N–H and O–H groups in total. The van der Waals surface area contributed by atoms with Crippen LogP contribution in [0.1, 0.15) is 43.0 Å². The van der Waals surface area contributed by atoms with E-state index in [9.17, 15) is 9.59 Å². The monoisotopic (exact) mass is 327 g/mol. The lowest BCUT2D eigenvalue weighted by atomic mass is 10.2. The lowest BCUT2D eigenvalue weighted by Gasteiger charge is -2.07. The van der Waals surface area contributed by atoms with Crippen LogP contribution in [-0.4, -0.2) is 22.0 Å². The lowest BCUT2D eigenvalue weighted by Crippen LogP contribution is -2.26. The Labute approximate surface area is 138 Å². The van der Waals surface area contributed by atoms with Crippen LogP contribution in [0.5, 0.6) is 0 Å². The van der Waals surface area contributed by atoms with Crippen molar-refractivity contribution in [3.63, 3.8) is 0 Å². The molecule has 0 spiro atoms. The summed E-state index contributed by atoms with van der Waals surface area (Å²) in [5.41, 5.74) is 0.827. The third-order valence-electron chi connectivity index (χ3n) is 3.38. The number of hydrogen-bond donors (Lipinski definition) is 1. The van der Waals surface area contributed by atoms with Crippen LogP contribution in [0.25, 0.3) is 6.08 Å². The summed E-state index contributed by atoms with van der Waals surface area (Å²) in [6.45, 7) is 1.22. The van der Waals surface area contributed by atoms with Gasteiger partial charge >= 0.3 is 5.97 Å². The summed E-state index contributed by atoms with van der Waals surface area (Å²) in [7, 11) is 0. The van der Waals surface area contributed by atoms with E-state index < -0.39 is 5.97 Å². The highest BCUT2D eigenvalue weighted by Gasteiger charge is 2.29. The molecule has 3 rings (SSSR count). The highest BCUT2D eigenvalue weighted by Crippen LogP contribution is 2.38. The van der Waals surface area contributed by atoms with Gasteiger partial charge in [0.15, 0.2) is 6.61 Å². The van der Waals surface area contributed by atoms with Crippen molar-refractivity contribution in [1.82, 2.24) is 15.5 Å². The van der Waals surface area contributed by atoms with Crippen LogP contribution in [0, 0.1) is 0 Å². The number of benzene rings is 1. The quantitative estimate of drug-likeness (QED) is 0.645. The second-order valence-corrected chi connectivity index (χ2v) is 5.55. The molecule has 0 unspecified atom stereocenters. The zero-order valence-corrected chi connectivity index (χ0v) is 13.2. The van der Waals surface area contributed by atoms with E-state index in [1.807, 2.05) is 30.3 Å². The van der Waals surface area contributed by atoms with Crippen LogP contribution in [-0.2, 0) is 20.9 Å². The summed E-state index contributed by atoms with van der Waals surface area (Å²) in [6.07, 6.45) is 3.65. The molecule has 1 aliphatic carbocycles. The molecule has 124 valence electrons. The van der Waals surface area contributed by atoms with Gasteiger partial charge in [-0.25, -0.2) is 4.79 Å². The molecule has 0 atom stereocenters. The second kappa shape index (κ2) is 7.08. The predicted octanol–water partition coefficient (Wildman–Crippen LogP) is 2.17. The Balaban J connectivity index is 1.66. The number of ether oxygens (including phenoxy) is 1. The van der Waals surface area contributed by atoms with Gasteiger partial charge in [-0.05, 0) is 24.5 Å². The fourth-order valence-corrected chi connectivity index (χ4v) is 2.08. The summed E-state index contributed by atoms with van der Waals surface area (Å²) in [5.74, 6) is 0.224. The topological polar surface area (TPSA) is 94.3 Å². The molecular weight excluding hydrogens is 310 g/mol. The Bertz CT molecular complexity index is 763. The van der Waals surface area contributed by atoms with E-state index in [0.717, 1.165) is 18.4 Å². The Morgan fingerprint density at radius 3 is 2.75 bits per heavy atom. The fourth-order valence-electron chi connectivity index (χ4n) is 2.08. The van der Waals surface area contributed by atoms with Crippen LogP contribution in [0.3, 0.4) is 0 Å². The van der Waals surface area contributed by atoms with Crippen molar-refractivity contribution >= 4 is 18.0 Å². The molecule has 0 aliphatic heterocycles. The lowest BCUT2D eigenvalue weighted by molar-refractivity contribution is -0.141. The van der Waals surface area contributed by atoms with Gasteiger partial charge in [0.05, 0.1) is 0 Å². The second-order valence-electron chi connectivity index (χ2n) is 5.55. The van der Waals surface area contributed by atoms with E-state index in [0.29, 0.717) is 17.6 Å². The van der Waals surface area contributed by atoms with Gasteiger partial charge in [-0.2, -0.15) is 4.98 Å². The largest absolute Gasteiger partial charge is 0.453 e. The number of nitrogens with one attached hydrogen (secondary N) is 1. The van der Waals surface area contributed by atoms with E-state index in [-0.39, 0.29) is 18.2 Å². The molecule has 1 fully saturated rings. The number of amides is 1. The summed E-state index contributed by atoms with van der Waals surface area (Å²) < 4.78 is 10.3. The predicted molar refractivity (Wildman–Crippen MR) is 84.3 cm³/mol. The van der Waals surface area contributed by atoms with E-state index in [1.54, 1.807) is 6.08 Å². The van der Waals surface area contributed by atoms with Crippen LogP contribution in [0.2, 0.25) is 0 Å².